The number of aliphatic hydroxyl groups excluding tert-OH is 1. The summed E-state index contributed by atoms with van der Waals surface area (Å²) in [6.07, 6.45) is 2.12. The molecule has 0 bridgehead atoms. The molecule has 0 aliphatic heterocycles. The van der Waals surface area contributed by atoms with E-state index >= 15 is 0 Å². The van der Waals surface area contributed by atoms with E-state index in [1.165, 1.54) is 0 Å². The number of aliphatic hydroxyl groups is 1. The van der Waals surface area contributed by atoms with Crippen LogP contribution in [-0.4, -0.2) is 38.9 Å². The van der Waals surface area contributed by atoms with Gasteiger partial charge < -0.3 is 10.4 Å². The Kier molecular flexibility index (Phi) is 11.4. The smallest absolute Gasteiger partial charge is 0.245 e. The highest BCUT2D eigenvalue weighted by Gasteiger charge is 2.28. The van der Waals surface area contributed by atoms with Gasteiger partial charge in [0.1, 0.15) is 24.1 Å². The molecule has 0 fully saturated rings. The van der Waals surface area contributed by atoms with Crippen LogP contribution in [0, 0.1) is 23.0 Å². The lowest BCUT2D eigenvalue weighted by molar-refractivity contribution is -0.123. The molecule has 2 N–H and O–H groups in total. The molecule has 2 aromatic carbocycles. The summed E-state index contributed by atoms with van der Waals surface area (Å²) < 4.78 is 29.6. The van der Waals surface area contributed by atoms with E-state index in [2.05, 4.69) is 56.9 Å². The van der Waals surface area contributed by atoms with Crippen LogP contribution in [0.3, 0.4) is 0 Å². The third-order valence-electron chi connectivity index (χ3n) is 6.53. The van der Waals surface area contributed by atoms with E-state index < -0.39 is 18.2 Å². The van der Waals surface area contributed by atoms with E-state index in [1.54, 1.807) is 4.68 Å². The molecule has 0 unspecified atom stereocenters. The zero-order chi connectivity index (χ0) is 27.6. The monoisotopic (exact) mass is 514 g/mol. The van der Waals surface area contributed by atoms with Crippen molar-refractivity contribution in [2.24, 2.45) is 11.3 Å². The SMILES string of the molecule is CC[C@H](C)CCNC(=O)CO.C[C@@H](c1nc(-c2cc(F)ccc2F)nn1Cc1ccccc1)C(C)(C)C. The number of carbonyl (C=O) groups is 1. The van der Waals surface area contributed by atoms with Gasteiger partial charge in [0, 0.05) is 12.5 Å². The standard InChI is InChI=1S/C21H23F2N3.C8H17NO2/c1-14(21(2,3)4)20-24-19(17-12-16(22)10-11-18(17)23)25-26(20)13-15-8-6-5-7-9-15;1-3-7(2)4-5-9-8(11)6-10/h5-12,14H,13H2,1-4H3;7,10H,3-6H2,1-2H3,(H,9,11)/t14-;7-/m00/s1. The number of carbonyl (C=O) groups excluding carboxylic acids is 1. The Morgan fingerprint density at radius 2 is 1.78 bits per heavy atom. The minimum Gasteiger partial charge on any atom is -0.387 e. The number of hydrogen-bond donors (Lipinski definition) is 2. The summed E-state index contributed by atoms with van der Waals surface area (Å²) in [5, 5.41) is 15.5. The van der Waals surface area contributed by atoms with Crippen molar-refractivity contribution < 1.29 is 18.7 Å². The largest absolute Gasteiger partial charge is 0.387 e. The molecule has 37 heavy (non-hydrogen) atoms. The first kappa shape index (κ1) is 30.1. The molecule has 0 saturated carbocycles. The van der Waals surface area contributed by atoms with E-state index in [1.807, 2.05) is 30.3 Å². The van der Waals surface area contributed by atoms with Gasteiger partial charge in [0.2, 0.25) is 5.91 Å². The van der Waals surface area contributed by atoms with Crippen molar-refractivity contribution in [2.75, 3.05) is 13.2 Å². The molecule has 1 amide bonds. The first-order valence-electron chi connectivity index (χ1n) is 12.8. The second kappa shape index (κ2) is 14.0. The van der Waals surface area contributed by atoms with Gasteiger partial charge in [0.05, 0.1) is 12.1 Å². The molecular formula is C29H40F2N4O2. The van der Waals surface area contributed by atoms with Crippen molar-refractivity contribution in [1.29, 1.82) is 0 Å². The zero-order valence-electron chi connectivity index (χ0n) is 22.8. The van der Waals surface area contributed by atoms with Crippen LogP contribution in [0.4, 0.5) is 8.78 Å². The van der Waals surface area contributed by atoms with Gasteiger partial charge in [-0.2, -0.15) is 5.10 Å². The normalized spacial score (nSPS) is 12.9. The van der Waals surface area contributed by atoms with Crippen LogP contribution in [-0.2, 0) is 11.3 Å². The van der Waals surface area contributed by atoms with Gasteiger partial charge in [-0.15, -0.1) is 0 Å². The van der Waals surface area contributed by atoms with Crippen LogP contribution in [0.15, 0.2) is 48.5 Å². The number of nitrogens with one attached hydrogen (secondary N) is 1. The fourth-order valence-electron chi connectivity index (χ4n) is 3.44. The van der Waals surface area contributed by atoms with Gasteiger partial charge in [-0.1, -0.05) is 78.3 Å². The van der Waals surface area contributed by atoms with Crippen LogP contribution in [0.5, 0.6) is 0 Å². The minimum atomic E-state index is -0.529. The van der Waals surface area contributed by atoms with Gasteiger partial charge in [0.25, 0.3) is 0 Å². The first-order chi connectivity index (χ1) is 17.5. The molecule has 8 heteroatoms. The summed E-state index contributed by atoms with van der Waals surface area (Å²) in [6, 6.07) is 13.2. The van der Waals surface area contributed by atoms with E-state index in [4.69, 9.17) is 5.11 Å². The Morgan fingerprint density at radius 3 is 2.38 bits per heavy atom. The average Bonchev–Trinajstić information content (AvgIpc) is 3.28. The Labute approximate surface area is 219 Å². The number of rotatable bonds is 9. The highest BCUT2D eigenvalue weighted by molar-refractivity contribution is 5.76. The van der Waals surface area contributed by atoms with Gasteiger partial charge in [0.15, 0.2) is 5.82 Å². The predicted molar refractivity (Wildman–Crippen MR) is 143 cm³/mol. The van der Waals surface area contributed by atoms with Crippen LogP contribution in [0.25, 0.3) is 11.4 Å². The van der Waals surface area contributed by atoms with Crippen molar-refractivity contribution in [1.82, 2.24) is 20.1 Å². The van der Waals surface area contributed by atoms with Crippen molar-refractivity contribution >= 4 is 5.91 Å². The van der Waals surface area contributed by atoms with Crippen LogP contribution in [0.2, 0.25) is 0 Å². The molecule has 2 atom stereocenters. The van der Waals surface area contributed by atoms with Crippen LogP contribution >= 0.6 is 0 Å². The third-order valence-corrected chi connectivity index (χ3v) is 6.53. The van der Waals surface area contributed by atoms with E-state index in [-0.39, 0.29) is 28.6 Å². The number of benzene rings is 2. The molecule has 202 valence electrons. The number of aromatic nitrogens is 3. The summed E-state index contributed by atoms with van der Waals surface area (Å²) in [4.78, 5) is 15.1. The van der Waals surface area contributed by atoms with Gasteiger partial charge >= 0.3 is 0 Å². The van der Waals surface area contributed by atoms with E-state index in [0.29, 0.717) is 19.0 Å². The number of hydrogen-bond acceptors (Lipinski definition) is 4. The van der Waals surface area contributed by atoms with Crippen molar-refractivity contribution in [3.63, 3.8) is 0 Å². The summed E-state index contributed by atoms with van der Waals surface area (Å²) >= 11 is 0. The van der Waals surface area contributed by atoms with Crippen LogP contribution in [0.1, 0.15) is 71.7 Å². The minimum absolute atomic E-state index is 0.0424. The lowest BCUT2D eigenvalue weighted by Gasteiger charge is -2.26. The molecule has 1 aromatic heterocycles. The highest BCUT2D eigenvalue weighted by Crippen LogP contribution is 2.35. The molecule has 0 radical (unpaired) electrons. The van der Waals surface area contributed by atoms with Gasteiger partial charge in [-0.3, -0.25) is 4.79 Å². The lowest BCUT2D eigenvalue weighted by Crippen LogP contribution is -2.27. The van der Waals surface area contributed by atoms with Gasteiger partial charge in [-0.05, 0) is 41.5 Å². The molecular weight excluding hydrogens is 474 g/mol. The second-order valence-electron chi connectivity index (χ2n) is 10.5. The number of halogens is 2. The number of amides is 1. The lowest BCUT2D eigenvalue weighted by atomic mass is 9.81. The second-order valence-corrected chi connectivity index (χ2v) is 10.5. The quantitative estimate of drug-likeness (QED) is 0.370. The maximum Gasteiger partial charge on any atom is 0.245 e. The summed E-state index contributed by atoms with van der Waals surface area (Å²) in [6.45, 7) is 13.5. The Hall–Kier alpha value is -3.13. The molecule has 6 nitrogen and oxygen atoms in total. The predicted octanol–water partition coefficient (Wildman–Crippen LogP) is 5.95. The van der Waals surface area contributed by atoms with Crippen LogP contribution < -0.4 is 5.32 Å². The first-order valence-corrected chi connectivity index (χ1v) is 12.8. The molecule has 0 aliphatic rings. The Balaban J connectivity index is 0.000000371. The molecule has 0 aliphatic carbocycles. The average molecular weight is 515 g/mol. The van der Waals surface area contributed by atoms with Gasteiger partial charge in [-0.25, -0.2) is 18.4 Å². The molecule has 0 spiro atoms. The summed E-state index contributed by atoms with van der Waals surface area (Å²) in [7, 11) is 0. The van der Waals surface area contributed by atoms with E-state index in [9.17, 15) is 13.6 Å². The third kappa shape index (κ3) is 9.35. The molecule has 0 saturated heterocycles. The maximum absolute atomic E-state index is 14.2. The van der Waals surface area contributed by atoms with Crippen molar-refractivity contribution in [3.05, 3.63) is 71.6 Å². The highest BCUT2D eigenvalue weighted by atomic mass is 19.1. The zero-order valence-corrected chi connectivity index (χ0v) is 22.8. The molecule has 3 rings (SSSR count). The Bertz CT molecular complexity index is 1130. The summed E-state index contributed by atoms with van der Waals surface area (Å²) in [5.74, 6) is 0.389. The molecule has 1 heterocycles. The van der Waals surface area contributed by atoms with E-state index in [0.717, 1.165) is 42.4 Å². The van der Waals surface area contributed by atoms with Crippen molar-refractivity contribution in [2.45, 2.75) is 66.8 Å². The maximum atomic E-state index is 14.2. The summed E-state index contributed by atoms with van der Waals surface area (Å²) in [5.41, 5.74) is 1.12. The molecule has 3 aromatic rings. The fraction of sp³-hybridized carbons (Fsp3) is 0.483. The number of nitrogens with zero attached hydrogens (tertiary/aromatic N) is 3. The fourth-order valence-corrected chi connectivity index (χ4v) is 3.44. The Morgan fingerprint density at radius 1 is 1.11 bits per heavy atom. The topological polar surface area (TPSA) is 80.0 Å². The van der Waals surface area contributed by atoms with Crippen molar-refractivity contribution in [3.8, 4) is 11.4 Å².